The van der Waals surface area contributed by atoms with Gasteiger partial charge in [0.1, 0.15) is 0 Å². The molecule has 0 aliphatic carbocycles. The van der Waals surface area contributed by atoms with Crippen LogP contribution in [0.4, 0.5) is 18.9 Å². The first kappa shape index (κ1) is 28.2. The van der Waals surface area contributed by atoms with E-state index in [1.54, 1.807) is 30.3 Å². The van der Waals surface area contributed by atoms with Gasteiger partial charge in [0.15, 0.2) is 5.60 Å². The Balaban J connectivity index is 1.62. The molecule has 2 aromatic carbocycles. The first-order valence-corrected chi connectivity index (χ1v) is 14.0. The van der Waals surface area contributed by atoms with Crippen LogP contribution in [0.2, 0.25) is 0 Å². The molecule has 2 aliphatic rings. The van der Waals surface area contributed by atoms with Crippen molar-refractivity contribution in [3.8, 4) is 0 Å². The molecule has 37 heavy (non-hydrogen) atoms. The van der Waals surface area contributed by atoms with Gasteiger partial charge in [0.05, 0.1) is 24.2 Å². The Hall–Kier alpha value is -1.83. The number of halogens is 3. The number of hydrogen-bond donors (Lipinski definition) is 2. The van der Waals surface area contributed by atoms with Crippen LogP contribution in [0.1, 0.15) is 19.4 Å². The molecule has 204 valence electrons. The molecule has 2 aliphatic heterocycles. The van der Waals surface area contributed by atoms with E-state index in [0.29, 0.717) is 43.4 Å². The number of piperazine rings is 1. The van der Waals surface area contributed by atoms with Crippen molar-refractivity contribution in [3.05, 3.63) is 54.1 Å². The molecule has 12 heteroatoms. The van der Waals surface area contributed by atoms with E-state index >= 15 is 0 Å². The number of rotatable bonds is 6. The van der Waals surface area contributed by atoms with E-state index in [2.05, 4.69) is 17.5 Å². The highest BCUT2D eigenvalue weighted by atomic mass is 32.2. The number of benzene rings is 2. The lowest BCUT2D eigenvalue weighted by Gasteiger charge is -2.45. The van der Waals surface area contributed by atoms with E-state index in [0.717, 1.165) is 6.92 Å². The van der Waals surface area contributed by atoms with Crippen LogP contribution in [0.3, 0.4) is 0 Å². The van der Waals surface area contributed by atoms with Gasteiger partial charge in [-0.3, -0.25) is 4.90 Å². The molecular formula is C25H32F3N3O4S2. The number of ether oxygens (including phenoxy) is 1. The van der Waals surface area contributed by atoms with Crippen LogP contribution in [0.5, 0.6) is 0 Å². The number of alkyl halides is 3. The average molecular weight is 560 g/mol. The van der Waals surface area contributed by atoms with Crippen molar-refractivity contribution in [3.63, 3.8) is 0 Å². The molecule has 2 saturated heterocycles. The summed E-state index contributed by atoms with van der Waals surface area (Å²) >= 11 is 4.34. The van der Waals surface area contributed by atoms with E-state index in [-0.39, 0.29) is 35.6 Å². The molecule has 7 nitrogen and oxygen atoms in total. The van der Waals surface area contributed by atoms with Gasteiger partial charge in [-0.1, -0.05) is 24.3 Å². The second kappa shape index (κ2) is 10.7. The Bertz CT molecular complexity index is 1190. The maximum atomic E-state index is 13.5. The summed E-state index contributed by atoms with van der Waals surface area (Å²) in [5.74, 6) is 0. The van der Waals surface area contributed by atoms with E-state index in [4.69, 9.17) is 4.74 Å². The van der Waals surface area contributed by atoms with Crippen LogP contribution in [0, 0.1) is 0 Å². The zero-order chi connectivity index (χ0) is 27.0. The standard InChI is InChI=1S/C25H32F3N3O4S2/c1-18-17-35-14-13-29(18)15-21-16-30(37(33,34)23-6-4-3-5-22(23)36)11-12-31(21)20-9-7-19(8-10-20)24(2,32)25(26,27)28/h3-10,18,21,32,36H,11-17H2,1-2H3/t18-,21?,24?/m0/s1. The molecule has 2 unspecified atom stereocenters. The molecule has 0 radical (unpaired) electrons. The Morgan fingerprint density at radius 2 is 1.76 bits per heavy atom. The molecular weight excluding hydrogens is 527 g/mol. The summed E-state index contributed by atoms with van der Waals surface area (Å²) in [6.07, 6.45) is -4.81. The highest BCUT2D eigenvalue weighted by Crippen LogP contribution is 2.39. The average Bonchev–Trinajstić information content (AvgIpc) is 2.85. The lowest BCUT2D eigenvalue weighted by molar-refractivity contribution is -0.258. The van der Waals surface area contributed by atoms with E-state index in [1.165, 1.54) is 22.5 Å². The van der Waals surface area contributed by atoms with Gasteiger partial charge in [0.25, 0.3) is 0 Å². The molecule has 2 heterocycles. The van der Waals surface area contributed by atoms with Gasteiger partial charge in [0.2, 0.25) is 10.0 Å². The minimum atomic E-state index is -4.81. The molecule has 0 aromatic heterocycles. The maximum absolute atomic E-state index is 13.5. The number of aliphatic hydroxyl groups is 1. The maximum Gasteiger partial charge on any atom is 0.421 e. The van der Waals surface area contributed by atoms with E-state index in [1.807, 2.05) is 11.8 Å². The highest BCUT2D eigenvalue weighted by Gasteiger charge is 2.51. The molecule has 0 saturated carbocycles. The van der Waals surface area contributed by atoms with Gasteiger partial charge in [-0.2, -0.15) is 17.5 Å². The zero-order valence-electron chi connectivity index (χ0n) is 20.7. The normalized spacial score (nSPS) is 24.1. The van der Waals surface area contributed by atoms with E-state index < -0.39 is 21.8 Å². The fourth-order valence-electron chi connectivity index (χ4n) is 4.80. The lowest BCUT2D eigenvalue weighted by Crippen LogP contribution is -2.60. The van der Waals surface area contributed by atoms with Crippen LogP contribution in [-0.4, -0.2) is 86.9 Å². The molecule has 0 spiro atoms. The van der Waals surface area contributed by atoms with Crippen molar-refractivity contribution in [2.24, 2.45) is 0 Å². The first-order valence-electron chi connectivity index (χ1n) is 12.1. The monoisotopic (exact) mass is 559 g/mol. The minimum Gasteiger partial charge on any atom is -0.379 e. The number of anilines is 1. The molecule has 3 atom stereocenters. The third-order valence-electron chi connectivity index (χ3n) is 7.19. The van der Waals surface area contributed by atoms with Crippen molar-refractivity contribution in [2.75, 3.05) is 50.8 Å². The largest absolute Gasteiger partial charge is 0.421 e. The number of morpholine rings is 1. The minimum absolute atomic E-state index is 0.143. The van der Waals surface area contributed by atoms with Crippen molar-refractivity contribution >= 4 is 28.3 Å². The van der Waals surface area contributed by atoms with Gasteiger partial charge in [-0.25, -0.2) is 8.42 Å². The van der Waals surface area contributed by atoms with Gasteiger partial charge in [-0.15, -0.1) is 12.6 Å². The van der Waals surface area contributed by atoms with Gasteiger partial charge in [0, 0.05) is 49.3 Å². The second-order valence-electron chi connectivity index (χ2n) is 9.71. The van der Waals surface area contributed by atoms with Gasteiger partial charge in [-0.05, 0) is 43.7 Å². The zero-order valence-corrected chi connectivity index (χ0v) is 22.4. The number of sulfonamides is 1. The summed E-state index contributed by atoms with van der Waals surface area (Å²) in [6, 6.07) is 12.1. The highest BCUT2D eigenvalue weighted by molar-refractivity contribution is 7.90. The Kier molecular flexibility index (Phi) is 8.18. The lowest BCUT2D eigenvalue weighted by atomic mass is 9.95. The molecule has 2 aromatic rings. The van der Waals surface area contributed by atoms with Crippen LogP contribution in [-0.2, 0) is 20.4 Å². The smallest absolute Gasteiger partial charge is 0.379 e. The Morgan fingerprint density at radius 1 is 1.08 bits per heavy atom. The fraction of sp³-hybridized carbons (Fsp3) is 0.520. The van der Waals surface area contributed by atoms with Crippen molar-refractivity contribution < 1.29 is 31.4 Å². The summed E-state index contributed by atoms with van der Waals surface area (Å²) in [5.41, 5.74) is -2.56. The summed E-state index contributed by atoms with van der Waals surface area (Å²) in [4.78, 5) is 4.79. The van der Waals surface area contributed by atoms with Gasteiger partial charge >= 0.3 is 6.18 Å². The van der Waals surface area contributed by atoms with Crippen molar-refractivity contribution in [1.29, 1.82) is 0 Å². The van der Waals surface area contributed by atoms with Crippen molar-refractivity contribution in [2.45, 2.75) is 47.5 Å². The fourth-order valence-corrected chi connectivity index (χ4v) is 6.86. The summed E-state index contributed by atoms with van der Waals surface area (Å²) < 4.78 is 73.9. The summed E-state index contributed by atoms with van der Waals surface area (Å²) in [6.45, 7) is 5.95. The number of hydrogen-bond acceptors (Lipinski definition) is 7. The molecule has 0 amide bonds. The van der Waals surface area contributed by atoms with Crippen LogP contribution >= 0.6 is 12.6 Å². The Labute approximate surface area is 221 Å². The topological polar surface area (TPSA) is 73.3 Å². The Morgan fingerprint density at radius 3 is 2.38 bits per heavy atom. The summed E-state index contributed by atoms with van der Waals surface area (Å²) in [7, 11) is -3.80. The molecule has 0 bridgehead atoms. The third kappa shape index (κ3) is 5.79. The van der Waals surface area contributed by atoms with Crippen LogP contribution in [0.15, 0.2) is 58.3 Å². The first-order chi connectivity index (χ1) is 17.3. The molecule has 4 rings (SSSR count). The van der Waals surface area contributed by atoms with Gasteiger partial charge < -0.3 is 14.7 Å². The molecule has 1 N–H and O–H groups in total. The quantitative estimate of drug-likeness (QED) is 0.529. The predicted octanol–water partition coefficient (Wildman–Crippen LogP) is 3.35. The number of nitrogens with zero attached hydrogens (tertiary/aromatic N) is 3. The third-order valence-corrected chi connectivity index (χ3v) is 9.66. The van der Waals surface area contributed by atoms with Crippen LogP contribution in [0.25, 0.3) is 0 Å². The molecule has 2 fully saturated rings. The van der Waals surface area contributed by atoms with Crippen LogP contribution < -0.4 is 4.90 Å². The number of thiol groups is 1. The predicted molar refractivity (Wildman–Crippen MR) is 138 cm³/mol. The SMILES string of the molecule is C[C@H]1COCCN1CC1CN(S(=O)(=O)c2ccccc2S)CCN1c1ccc(C(C)(O)C(F)(F)F)cc1. The van der Waals surface area contributed by atoms with Crippen molar-refractivity contribution in [1.82, 2.24) is 9.21 Å². The van der Waals surface area contributed by atoms with E-state index in [9.17, 15) is 26.7 Å². The second-order valence-corrected chi connectivity index (χ2v) is 12.1. The summed E-state index contributed by atoms with van der Waals surface area (Å²) in [5, 5.41) is 10.0.